The van der Waals surface area contributed by atoms with Gasteiger partial charge in [0.1, 0.15) is 5.75 Å². The monoisotopic (exact) mass is 209 g/mol. The molecule has 0 spiro atoms. The molecular formula is C11H15NO3. The number of benzene rings is 1. The van der Waals surface area contributed by atoms with E-state index in [1.54, 1.807) is 31.2 Å². The van der Waals surface area contributed by atoms with Gasteiger partial charge in [-0.1, -0.05) is 12.1 Å². The number of phenols is 1. The Balaban J connectivity index is 2.57. The van der Waals surface area contributed by atoms with Crippen LogP contribution in [0.15, 0.2) is 24.3 Å². The molecule has 0 fully saturated rings. The van der Waals surface area contributed by atoms with E-state index in [-0.39, 0.29) is 24.2 Å². The molecule has 0 saturated carbocycles. The number of esters is 1. The molecule has 82 valence electrons. The van der Waals surface area contributed by atoms with Gasteiger partial charge in [0.15, 0.2) is 0 Å². The summed E-state index contributed by atoms with van der Waals surface area (Å²) in [5, 5.41) is 9.07. The van der Waals surface area contributed by atoms with Crippen LogP contribution in [0.5, 0.6) is 5.75 Å². The molecule has 1 aromatic carbocycles. The summed E-state index contributed by atoms with van der Waals surface area (Å²) >= 11 is 0. The number of nitrogens with two attached hydrogens (primary N) is 1. The van der Waals surface area contributed by atoms with Gasteiger partial charge in [-0.2, -0.15) is 0 Å². The quantitative estimate of drug-likeness (QED) is 0.734. The summed E-state index contributed by atoms with van der Waals surface area (Å²) in [5.41, 5.74) is 6.60. The summed E-state index contributed by atoms with van der Waals surface area (Å²) in [7, 11) is 0. The van der Waals surface area contributed by atoms with E-state index in [1.807, 2.05) is 0 Å². The van der Waals surface area contributed by atoms with Gasteiger partial charge in [-0.15, -0.1) is 0 Å². The van der Waals surface area contributed by atoms with Crippen LogP contribution in [0.2, 0.25) is 0 Å². The number of phenolic OH excluding ortho intramolecular Hbond substituents is 1. The summed E-state index contributed by atoms with van der Waals surface area (Å²) < 4.78 is 4.79. The molecule has 0 amide bonds. The van der Waals surface area contributed by atoms with Crippen LogP contribution in [0.25, 0.3) is 0 Å². The molecule has 0 aliphatic heterocycles. The average molecular weight is 209 g/mol. The third kappa shape index (κ3) is 3.59. The second-order valence-electron chi connectivity index (χ2n) is 3.21. The van der Waals surface area contributed by atoms with Crippen LogP contribution >= 0.6 is 0 Å². The molecule has 0 unspecified atom stereocenters. The van der Waals surface area contributed by atoms with Crippen molar-refractivity contribution in [3.63, 3.8) is 0 Å². The molecule has 1 rings (SSSR count). The molecule has 4 nitrogen and oxygen atoms in total. The summed E-state index contributed by atoms with van der Waals surface area (Å²) in [6, 6.07) is 6.09. The number of ether oxygens (including phenoxy) is 1. The first kappa shape index (κ1) is 11.5. The van der Waals surface area contributed by atoms with E-state index in [1.165, 1.54) is 0 Å². The minimum atomic E-state index is -0.385. The normalized spacial score (nSPS) is 12.1. The highest BCUT2D eigenvalue weighted by Crippen LogP contribution is 2.17. The topological polar surface area (TPSA) is 72.5 Å². The van der Waals surface area contributed by atoms with Crippen molar-refractivity contribution < 1.29 is 14.6 Å². The molecular weight excluding hydrogens is 194 g/mol. The predicted molar refractivity (Wildman–Crippen MR) is 56.3 cm³/mol. The van der Waals surface area contributed by atoms with E-state index >= 15 is 0 Å². The first-order valence-electron chi connectivity index (χ1n) is 4.83. The second kappa shape index (κ2) is 5.36. The third-order valence-electron chi connectivity index (χ3n) is 2.01. The summed E-state index contributed by atoms with van der Waals surface area (Å²) in [5.74, 6) is -0.125. The van der Waals surface area contributed by atoms with Crippen molar-refractivity contribution in [3.8, 4) is 5.75 Å². The van der Waals surface area contributed by atoms with Crippen molar-refractivity contribution in [1.82, 2.24) is 0 Å². The third-order valence-corrected chi connectivity index (χ3v) is 2.01. The Hall–Kier alpha value is -1.55. The minimum absolute atomic E-state index is 0.151. The van der Waals surface area contributed by atoms with Crippen LogP contribution in [0, 0.1) is 0 Å². The van der Waals surface area contributed by atoms with Crippen LogP contribution in [0.4, 0.5) is 0 Å². The lowest BCUT2D eigenvalue weighted by Gasteiger charge is -2.10. The Labute approximate surface area is 88.7 Å². The molecule has 0 aliphatic rings. The van der Waals surface area contributed by atoms with Gasteiger partial charge in [-0.3, -0.25) is 4.79 Å². The first-order valence-corrected chi connectivity index (χ1v) is 4.83. The number of carbonyl (C=O) groups excluding carboxylic acids is 1. The van der Waals surface area contributed by atoms with Crippen molar-refractivity contribution in [1.29, 1.82) is 0 Å². The van der Waals surface area contributed by atoms with Gasteiger partial charge in [0, 0.05) is 6.04 Å². The zero-order valence-corrected chi connectivity index (χ0v) is 8.64. The Bertz CT molecular complexity index is 321. The molecule has 4 heteroatoms. The smallest absolute Gasteiger partial charge is 0.307 e. The van der Waals surface area contributed by atoms with Crippen molar-refractivity contribution >= 4 is 5.97 Å². The van der Waals surface area contributed by atoms with Crippen LogP contribution < -0.4 is 5.73 Å². The number of aromatic hydroxyl groups is 1. The standard InChI is InChI=1S/C11H15NO3/c1-2-15-11(14)7-10(12)8-3-5-9(13)6-4-8/h3-6,10,13H,2,7,12H2,1H3/t10-/m0/s1. The van der Waals surface area contributed by atoms with Crippen molar-refractivity contribution in [2.75, 3.05) is 6.61 Å². The first-order chi connectivity index (χ1) is 7.13. The zero-order valence-electron chi connectivity index (χ0n) is 8.64. The summed E-state index contributed by atoms with van der Waals surface area (Å²) in [6.45, 7) is 2.12. The molecule has 0 saturated heterocycles. The molecule has 15 heavy (non-hydrogen) atoms. The highest BCUT2D eigenvalue weighted by Gasteiger charge is 2.11. The molecule has 0 radical (unpaired) electrons. The summed E-state index contributed by atoms with van der Waals surface area (Å²) in [6.07, 6.45) is 0.151. The number of carbonyl (C=O) groups is 1. The SMILES string of the molecule is CCOC(=O)C[C@H](N)c1ccc(O)cc1. The Morgan fingerprint density at radius 1 is 1.47 bits per heavy atom. The highest BCUT2D eigenvalue weighted by atomic mass is 16.5. The van der Waals surface area contributed by atoms with E-state index in [0.29, 0.717) is 6.61 Å². The number of rotatable bonds is 4. The molecule has 0 aromatic heterocycles. The van der Waals surface area contributed by atoms with E-state index in [2.05, 4.69) is 0 Å². The van der Waals surface area contributed by atoms with Gasteiger partial charge in [0.2, 0.25) is 0 Å². The maximum Gasteiger partial charge on any atom is 0.307 e. The van der Waals surface area contributed by atoms with E-state index in [9.17, 15) is 4.79 Å². The maximum absolute atomic E-state index is 11.1. The Morgan fingerprint density at radius 3 is 2.60 bits per heavy atom. The molecule has 1 atom stereocenters. The predicted octanol–water partition coefficient (Wildman–Crippen LogP) is 1.35. The van der Waals surface area contributed by atoms with Gasteiger partial charge in [0.05, 0.1) is 13.0 Å². The number of hydrogen-bond acceptors (Lipinski definition) is 4. The van der Waals surface area contributed by atoms with E-state index in [0.717, 1.165) is 5.56 Å². The lowest BCUT2D eigenvalue weighted by atomic mass is 10.0. The van der Waals surface area contributed by atoms with Gasteiger partial charge in [0.25, 0.3) is 0 Å². The largest absolute Gasteiger partial charge is 0.508 e. The fourth-order valence-electron chi connectivity index (χ4n) is 1.24. The van der Waals surface area contributed by atoms with Gasteiger partial charge >= 0.3 is 5.97 Å². The zero-order chi connectivity index (χ0) is 11.3. The van der Waals surface area contributed by atoms with Gasteiger partial charge in [-0.25, -0.2) is 0 Å². The lowest BCUT2D eigenvalue weighted by molar-refractivity contribution is -0.143. The van der Waals surface area contributed by atoms with Crippen molar-refractivity contribution in [3.05, 3.63) is 29.8 Å². The van der Waals surface area contributed by atoms with Crippen LogP contribution in [0.1, 0.15) is 24.9 Å². The fraction of sp³-hybridized carbons (Fsp3) is 0.364. The number of hydrogen-bond donors (Lipinski definition) is 2. The average Bonchev–Trinajstić information content (AvgIpc) is 2.18. The molecule has 0 heterocycles. The Kier molecular flexibility index (Phi) is 4.12. The lowest BCUT2D eigenvalue weighted by Crippen LogP contribution is -2.17. The van der Waals surface area contributed by atoms with Crippen molar-refractivity contribution in [2.24, 2.45) is 5.73 Å². The van der Waals surface area contributed by atoms with Crippen LogP contribution in [-0.2, 0) is 9.53 Å². The van der Waals surface area contributed by atoms with Gasteiger partial charge < -0.3 is 15.6 Å². The van der Waals surface area contributed by atoms with Gasteiger partial charge in [-0.05, 0) is 24.6 Å². The molecule has 0 bridgehead atoms. The van der Waals surface area contributed by atoms with E-state index in [4.69, 9.17) is 15.6 Å². The molecule has 3 N–H and O–H groups in total. The van der Waals surface area contributed by atoms with Crippen molar-refractivity contribution in [2.45, 2.75) is 19.4 Å². The molecule has 1 aromatic rings. The minimum Gasteiger partial charge on any atom is -0.508 e. The maximum atomic E-state index is 11.1. The van der Waals surface area contributed by atoms with Crippen LogP contribution in [-0.4, -0.2) is 17.7 Å². The summed E-state index contributed by atoms with van der Waals surface area (Å²) in [4.78, 5) is 11.1. The highest BCUT2D eigenvalue weighted by molar-refractivity contribution is 5.70. The second-order valence-corrected chi connectivity index (χ2v) is 3.21. The van der Waals surface area contributed by atoms with E-state index < -0.39 is 0 Å². The molecule has 0 aliphatic carbocycles. The Morgan fingerprint density at radius 2 is 2.07 bits per heavy atom. The fourth-order valence-corrected chi connectivity index (χ4v) is 1.24. The van der Waals surface area contributed by atoms with Crippen LogP contribution in [0.3, 0.4) is 0 Å².